The molecule has 0 aliphatic carbocycles. The largest absolute Gasteiger partial charge is 0.449 e. The molecule has 1 amide bonds. The van der Waals surface area contributed by atoms with Crippen molar-refractivity contribution in [1.29, 1.82) is 0 Å². The van der Waals surface area contributed by atoms with Crippen LogP contribution in [-0.4, -0.2) is 22.9 Å². The molecule has 0 unspecified atom stereocenters. The Balaban J connectivity index is 1.90. The Morgan fingerprint density at radius 2 is 1.96 bits per heavy atom. The Morgan fingerprint density at radius 1 is 1.23 bits per heavy atom. The van der Waals surface area contributed by atoms with E-state index in [9.17, 15) is 14.0 Å². The highest BCUT2D eigenvalue weighted by Crippen LogP contribution is 2.27. The number of nitrogens with zero attached hydrogens (tertiary/aromatic N) is 1. The minimum absolute atomic E-state index is 0.0104. The Morgan fingerprint density at radius 3 is 2.65 bits per heavy atom. The van der Waals surface area contributed by atoms with Crippen molar-refractivity contribution in [1.82, 2.24) is 10.2 Å². The first-order valence-electron chi connectivity index (χ1n) is 8.17. The van der Waals surface area contributed by atoms with Crippen LogP contribution in [-0.2, 0) is 4.74 Å². The first-order valence-corrected chi connectivity index (χ1v) is 8.17. The maximum Gasteiger partial charge on any atom is 0.411 e. The summed E-state index contributed by atoms with van der Waals surface area (Å²) in [5, 5.41) is 9.92. The molecule has 1 aromatic heterocycles. The van der Waals surface area contributed by atoms with Crippen LogP contribution in [0.3, 0.4) is 0 Å². The molecule has 0 radical (unpaired) electrons. The molecule has 7 heteroatoms. The first kappa shape index (κ1) is 17.6. The third-order valence-electron chi connectivity index (χ3n) is 3.72. The molecule has 3 aromatic rings. The van der Waals surface area contributed by atoms with E-state index in [1.54, 1.807) is 30.3 Å². The lowest BCUT2D eigenvalue weighted by Gasteiger charge is -2.11. The van der Waals surface area contributed by atoms with Crippen LogP contribution in [0, 0.1) is 11.7 Å². The minimum Gasteiger partial charge on any atom is -0.449 e. The van der Waals surface area contributed by atoms with Gasteiger partial charge in [-0.2, -0.15) is 5.10 Å². The minimum atomic E-state index is -0.710. The van der Waals surface area contributed by atoms with Gasteiger partial charge in [-0.1, -0.05) is 38.1 Å². The van der Waals surface area contributed by atoms with Crippen molar-refractivity contribution in [3.05, 3.63) is 58.6 Å². The van der Waals surface area contributed by atoms with E-state index in [0.29, 0.717) is 22.0 Å². The SMILES string of the molecule is CC(C)COC(=O)Nc1ccc(-c2n[nH]c(=O)c3ccccc23)cc1F. The highest BCUT2D eigenvalue weighted by Gasteiger charge is 2.13. The number of H-pyrrole nitrogens is 1. The lowest BCUT2D eigenvalue weighted by Crippen LogP contribution is -2.17. The molecule has 0 fully saturated rings. The zero-order valence-corrected chi connectivity index (χ0v) is 14.4. The predicted molar refractivity (Wildman–Crippen MR) is 97.6 cm³/mol. The van der Waals surface area contributed by atoms with Crippen molar-refractivity contribution in [2.45, 2.75) is 13.8 Å². The molecule has 0 spiro atoms. The lowest BCUT2D eigenvalue weighted by molar-refractivity contribution is 0.147. The zero-order valence-electron chi connectivity index (χ0n) is 14.4. The van der Waals surface area contributed by atoms with E-state index in [2.05, 4.69) is 15.5 Å². The Labute approximate surface area is 149 Å². The van der Waals surface area contributed by atoms with E-state index in [1.807, 2.05) is 13.8 Å². The fourth-order valence-electron chi connectivity index (χ4n) is 2.49. The Bertz CT molecular complexity index is 1010. The number of aromatic nitrogens is 2. The quantitative estimate of drug-likeness (QED) is 0.743. The Hall–Kier alpha value is -3.22. The number of hydrogen-bond acceptors (Lipinski definition) is 4. The molecule has 1 heterocycles. The van der Waals surface area contributed by atoms with E-state index < -0.39 is 11.9 Å². The molecule has 0 bridgehead atoms. The smallest absolute Gasteiger partial charge is 0.411 e. The number of rotatable bonds is 4. The second-order valence-corrected chi connectivity index (χ2v) is 6.26. The molecule has 0 aliphatic heterocycles. The second-order valence-electron chi connectivity index (χ2n) is 6.26. The van der Waals surface area contributed by atoms with Crippen LogP contribution < -0.4 is 10.9 Å². The topological polar surface area (TPSA) is 84.1 Å². The number of halogens is 1. The van der Waals surface area contributed by atoms with Crippen molar-refractivity contribution in [2.24, 2.45) is 5.92 Å². The van der Waals surface area contributed by atoms with Crippen molar-refractivity contribution in [3.63, 3.8) is 0 Å². The number of nitrogens with one attached hydrogen (secondary N) is 2. The van der Waals surface area contributed by atoms with Gasteiger partial charge in [-0.25, -0.2) is 14.3 Å². The van der Waals surface area contributed by atoms with Crippen LogP contribution in [0.4, 0.5) is 14.9 Å². The van der Waals surface area contributed by atoms with E-state index in [4.69, 9.17) is 4.74 Å². The van der Waals surface area contributed by atoms with Gasteiger partial charge in [-0.15, -0.1) is 0 Å². The molecule has 0 aliphatic rings. The van der Waals surface area contributed by atoms with E-state index in [-0.39, 0.29) is 23.8 Å². The summed E-state index contributed by atoms with van der Waals surface area (Å²) in [5.41, 5.74) is 0.635. The summed E-state index contributed by atoms with van der Waals surface area (Å²) in [6.45, 7) is 4.06. The van der Waals surface area contributed by atoms with Crippen LogP contribution in [0.25, 0.3) is 22.0 Å². The number of anilines is 1. The second kappa shape index (κ2) is 7.35. The average molecular weight is 355 g/mol. The monoisotopic (exact) mass is 355 g/mol. The van der Waals surface area contributed by atoms with Gasteiger partial charge in [0.25, 0.3) is 5.56 Å². The highest BCUT2D eigenvalue weighted by molar-refractivity contribution is 5.94. The number of aromatic amines is 1. The van der Waals surface area contributed by atoms with Crippen LogP contribution in [0.1, 0.15) is 13.8 Å². The van der Waals surface area contributed by atoms with Gasteiger partial charge >= 0.3 is 6.09 Å². The van der Waals surface area contributed by atoms with E-state index in [0.717, 1.165) is 0 Å². The molecule has 26 heavy (non-hydrogen) atoms. The standard InChI is InChI=1S/C19H18FN3O3/c1-11(2)10-26-19(25)21-16-8-7-12(9-15(16)20)17-13-5-3-4-6-14(13)18(24)23-22-17/h3-9,11H,10H2,1-2H3,(H,21,25)(H,23,24). The molecule has 0 atom stereocenters. The molecule has 0 saturated carbocycles. The summed E-state index contributed by atoms with van der Waals surface area (Å²) in [4.78, 5) is 23.5. The number of ether oxygens (including phenoxy) is 1. The maximum atomic E-state index is 14.4. The van der Waals surface area contributed by atoms with E-state index >= 15 is 0 Å². The molecule has 134 valence electrons. The maximum absolute atomic E-state index is 14.4. The number of fused-ring (bicyclic) bond motifs is 1. The van der Waals surface area contributed by atoms with Crippen molar-refractivity contribution >= 4 is 22.6 Å². The van der Waals surface area contributed by atoms with Crippen molar-refractivity contribution in [3.8, 4) is 11.3 Å². The van der Waals surface area contributed by atoms with Crippen LogP contribution in [0.15, 0.2) is 47.3 Å². The van der Waals surface area contributed by atoms with Crippen LogP contribution >= 0.6 is 0 Å². The van der Waals surface area contributed by atoms with Crippen LogP contribution in [0.2, 0.25) is 0 Å². The summed E-state index contributed by atoms with van der Waals surface area (Å²) in [7, 11) is 0. The molecule has 2 aromatic carbocycles. The normalized spacial score (nSPS) is 10.9. The van der Waals surface area contributed by atoms with Crippen LogP contribution in [0.5, 0.6) is 0 Å². The third-order valence-corrected chi connectivity index (χ3v) is 3.72. The van der Waals surface area contributed by atoms with Gasteiger partial charge in [0.2, 0.25) is 0 Å². The van der Waals surface area contributed by atoms with Gasteiger partial charge in [0.15, 0.2) is 0 Å². The fourth-order valence-corrected chi connectivity index (χ4v) is 2.49. The number of amides is 1. The number of hydrogen-bond donors (Lipinski definition) is 2. The van der Waals surface area contributed by atoms with Gasteiger partial charge in [-0.3, -0.25) is 10.1 Å². The number of benzene rings is 2. The summed E-state index contributed by atoms with van der Waals surface area (Å²) < 4.78 is 19.4. The van der Waals surface area contributed by atoms with Gasteiger partial charge < -0.3 is 4.74 Å². The summed E-state index contributed by atoms with van der Waals surface area (Å²) in [6, 6.07) is 11.3. The van der Waals surface area contributed by atoms with Crippen molar-refractivity contribution < 1.29 is 13.9 Å². The van der Waals surface area contributed by atoms with E-state index in [1.165, 1.54) is 12.1 Å². The molecule has 0 saturated heterocycles. The van der Waals surface area contributed by atoms with Gasteiger partial charge in [-0.05, 0) is 24.1 Å². The third kappa shape index (κ3) is 3.72. The van der Waals surface area contributed by atoms with Gasteiger partial charge in [0.05, 0.1) is 23.4 Å². The summed E-state index contributed by atoms with van der Waals surface area (Å²) >= 11 is 0. The molecule has 2 N–H and O–H groups in total. The fraction of sp³-hybridized carbons (Fsp3) is 0.211. The van der Waals surface area contributed by atoms with Gasteiger partial charge in [0, 0.05) is 10.9 Å². The number of carbonyl (C=O) groups is 1. The Kier molecular flexibility index (Phi) is 4.97. The average Bonchev–Trinajstić information content (AvgIpc) is 2.62. The summed E-state index contributed by atoms with van der Waals surface area (Å²) in [6.07, 6.45) is -0.710. The van der Waals surface area contributed by atoms with Gasteiger partial charge in [0.1, 0.15) is 5.82 Å². The number of carbonyl (C=O) groups excluding carboxylic acids is 1. The highest BCUT2D eigenvalue weighted by atomic mass is 19.1. The predicted octanol–water partition coefficient (Wildman–Crippen LogP) is 3.93. The molecular weight excluding hydrogens is 337 g/mol. The molecule has 6 nitrogen and oxygen atoms in total. The molecule has 3 rings (SSSR count). The lowest BCUT2D eigenvalue weighted by atomic mass is 10.0. The summed E-state index contributed by atoms with van der Waals surface area (Å²) in [5.74, 6) is -0.436. The van der Waals surface area contributed by atoms with Crippen molar-refractivity contribution in [2.75, 3.05) is 11.9 Å². The molecular formula is C19H18FN3O3. The zero-order chi connectivity index (χ0) is 18.7. The first-order chi connectivity index (χ1) is 12.5.